The number of hydrogen-bond acceptors (Lipinski definition) is 5. The van der Waals surface area contributed by atoms with Crippen LogP contribution in [0.25, 0.3) is 11.0 Å². The molecule has 1 aliphatic heterocycles. The van der Waals surface area contributed by atoms with E-state index in [-0.39, 0.29) is 0 Å². The molecule has 0 spiro atoms. The molecule has 0 amide bonds. The summed E-state index contributed by atoms with van der Waals surface area (Å²) in [6.45, 7) is 5.83. The van der Waals surface area contributed by atoms with Crippen molar-refractivity contribution in [2.24, 2.45) is 0 Å². The SMILES string of the molecule is CCCN1CCCC(Nc2c(Cl)ccc3nsnc23)CC1. The molecule has 2 aromatic rings. The zero-order valence-electron chi connectivity index (χ0n) is 12.3. The van der Waals surface area contributed by atoms with Crippen molar-refractivity contribution in [1.29, 1.82) is 0 Å². The largest absolute Gasteiger partial charge is 0.379 e. The first-order valence-electron chi connectivity index (χ1n) is 7.67. The molecule has 21 heavy (non-hydrogen) atoms. The zero-order chi connectivity index (χ0) is 14.7. The standard InChI is InChI=1S/C15H21ClN4S/c1-2-8-20-9-3-4-11(7-10-20)17-14-12(16)5-6-13-15(14)19-21-18-13/h5-6,11,17H,2-4,7-10H2,1H3. The molecule has 1 unspecified atom stereocenters. The second-order valence-corrected chi connectivity index (χ2v) is 6.60. The minimum atomic E-state index is 0.469. The van der Waals surface area contributed by atoms with E-state index in [0.717, 1.165) is 34.7 Å². The molecule has 6 heteroatoms. The average molecular weight is 325 g/mol. The Morgan fingerprint density at radius 3 is 3.10 bits per heavy atom. The van der Waals surface area contributed by atoms with Gasteiger partial charge in [0.1, 0.15) is 11.0 Å². The molecule has 1 fully saturated rings. The van der Waals surface area contributed by atoms with E-state index in [4.69, 9.17) is 11.6 Å². The van der Waals surface area contributed by atoms with Crippen LogP contribution in [-0.2, 0) is 0 Å². The summed E-state index contributed by atoms with van der Waals surface area (Å²) in [5, 5.41) is 4.37. The Morgan fingerprint density at radius 1 is 1.33 bits per heavy atom. The molecule has 2 heterocycles. The topological polar surface area (TPSA) is 41.0 Å². The lowest BCUT2D eigenvalue weighted by Crippen LogP contribution is -2.27. The van der Waals surface area contributed by atoms with Crippen molar-refractivity contribution < 1.29 is 0 Å². The van der Waals surface area contributed by atoms with Gasteiger partial charge in [0.2, 0.25) is 0 Å². The van der Waals surface area contributed by atoms with Crippen LogP contribution in [0.3, 0.4) is 0 Å². The third-order valence-corrected chi connectivity index (χ3v) is 4.94. The first-order chi connectivity index (χ1) is 10.3. The summed E-state index contributed by atoms with van der Waals surface area (Å²) in [5.41, 5.74) is 2.78. The maximum atomic E-state index is 6.36. The minimum Gasteiger partial charge on any atom is -0.379 e. The van der Waals surface area contributed by atoms with Gasteiger partial charge in [-0.05, 0) is 50.9 Å². The number of halogens is 1. The normalized spacial score (nSPS) is 20.6. The molecule has 1 atom stereocenters. The maximum absolute atomic E-state index is 6.36. The Kier molecular flexibility index (Phi) is 4.93. The number of rotatable bonds is 4. The quantitative estimate of drug-likeness (QED) is 0.922. The van der Waals surface area contributed by atoms with Crippen LogP contribution in [0.4, 0.5) is 5.69 Å². The minimum absolute atomic E-state index is 0.469. The fraction of sp³-hybridized carbons (Fsp3) is 0.600. The highest BCUT2D eigenvalue weighted by Crippen LogP contribution is 2.31. The summed E-state index contributed by atoms with van der Waals surface area (Å²) in [4.78, 5) is 2.56. The molecule has 3 rings (SSSR count). The molecule has 1 saturated heterocycles. The fourth-order valence-electron chi connectivity index (χ4n) is 3.01. The molecule has 0 radical (unpaired) electrons. The van der Waals surface area contributed by atoms with Gasteiger partial charge in [0, 0.05) is 12.6 Å². The number of anilines is 1. The smallest absolute Gasteiger partial charge is 0.129 e. The Hall–Kier alpha value is -0.910. The number of aromatic nitrogens is 2. The van der Waals surface area contributed by atoms with E-state index in [2.05, 4.69) is 25.9 Å². The van der Waals surface area contributed by atoms with Crippen molar-refractivity contribution in [3.8, 4) is 0 Å². The summed E-state index contributed by atoms with van der Waals surface area (Å²) in [5.74, 6) is 0. The Labute approximate surface area is 134 Å². The third-order valence-electron chi connectivity index (χ3n) is 4.09. The van der Waals surface area contributed by atoms with E-state index in [1.54, 1.807) is 0 Å². The van der Waals surface area contributed by atoms with Crippen LogP contribution >= 0.6 is 23.3 Å². The Balaban J connectivity index is 1.73. The van der Waals surface area contributed by atoms with Gasteiger partial charge >= 0.3 is 0 Å². The van der Waals surface area contributed by atoms with Gasteiger partial charge in [0.25, 0.3) is 0 Å². The van der Waals surface area contributed by atoms with Crippen LogP contribution in [-0.4, -0.2) is 39.3 Å². The predicted molar refractivity (Wildman–Crippen MR) is 90.4 cm³/mol. The van der Waals surface area contributed by atoms with Crippen LogP contribution < -0.4 is 5.32 Å². The molecule has 4 nitrogen and oxygen atoms in total. The van der Waals surface area contributed by atoms with Crippen molar-refractivity contribution in [2.45, 2.75) is 38.6 Å². The summed E-state index contributed by atoms with van der Waals surface area (Å²) in [7, 11) is 0. The zero-order valence-corrected chi connectivity index (χ0v) is 13.9. The van der Waals surface area contributed by atoms with E-state index in [9.17, 15) is 0 Å². The number of likely N-dealkylation sites (tertiary alicyclic amines) is 1. The monoisotopic (exact) mass is 324 g/mol. The fourth-order valence-corrected chi connectivity index (χ4v) is 3.76. The van der Waals surface area contributed by atoms with Crippen LogP contribution in [0.15, 0.2) is 12.1 Å². The molecular weight excluding hydrogens is 304 g/mol. The van der Waals surface area contributed by atoms with Crippen LogP contribution in [0, 0.1) is 0 Å². The van der Waals surface area contributed by atoms with Crippen molar-refractivity contribution in [3.63, 3.8) is 0 Å². The van der Waals surface area contributed by atoms with Gasteiger partial charge in [0.15, 0.2) is 0 Å². The number of nitrogens with zero attached hydrogens (tertiary/aromatic N) is 3. The van der Waals surface area contributed by atoms with Gasteiger partial charge in [-0.3, -0.25) is 0 Å². The third kappa shape index (κ3) is 3.47. The molecule has 1 aromatic heterocycles. The first-order valence-corrected chi connectivity index (χ1v) is 8.78. The molecule has 114 valence electrons. The molecule has 0 saturated carbocycles. The lowest BCUT2D eigenvalue weighted by atomic mass is 10.1. The second kappa shape index (κ2) is 6.90. The summed E-state index contributed by atoms with van der Waals surface area (Å²) in [6.07, 6.45) is 4.81. The maximum Gasteiger partial charge on any atom is 0.129 e. The number of hydrogen-bond donors (Lipinski definition) is 1. The van der Waals surface area contributed by atoms with E-state index in [0.29, 0.717) is 6.04 Å². The van der Waals surface area contributed by atoms with Gasteiger partial charge in [-0.1, -0.05) is 18.5 Å². The van der Waals surface area contributed by atoms with E-state index >= 15 is 0 Å². The van der Waals surface area contributed by atoms with Crippen molar-refractivity contribution in [3.05, 3.63) is 17.2 Å². The van der Waals surface area contributed by atoms with E-state index < -0.39 is 0 Å². The van der Waals surface area contributed by atoms with Gasteiger partial charge in [-0.2, -0.15) is 8.75 Å². The first kappa shape index (κ1) is 15.0. The molecular formula is C15H21ClN4S. The highest BCUT2D eigenvalue weighted by atomic mass is 35.5. The number of benzene rings is 1. The summed E-state index contributed by atoms with van der Waals surface area (Å²) >= 11 is 7.60. The number of fused-ring (bicyclic) bond motifs is 1. The molecule has 0 bridgehead atoms. The van der Waals surface area contributed by atoms with Crippen LogP contribution in [0.1, 0.15) is 32.6 Å². The lowest BCUT2D eigenvalue weighted by molar-refractivity contribution is 0.285. The van der Waals surface area contributed by atoms with E-state index in [1.807, 2.05) is 12.1 Å². The van der Waals surface area contributed by atoms with Crippen LogP contribution in [0.2, 0.25) is 5.02 Å². The van der Waals surface area contributed by atoms with Crippen molar-refractivity contribution in [1.82, 2.24) is 13.6 Å². The average Bonchev–Trinajstić information content (AvgIpc) is 2.85. The van der Waals surface area contributed by atoms with Gasteiger partial charge < -0.3 is 10.2 Å². The molecule has 1 N–H and O–H groups in total. The Bertz CT molecular complexity index is 600. The second-order valence-electron chi connectivity index (χ2n) is 5.67. The highest BCUT2D eigenvalue weighted by molar-refractivity contribution is 7.00. The van der Waals surface area contributed by atoms with E-state index in [1.165, 1.54) is 44.1 Å². The lowest BCUT2D eigenvalue weighted by Gasteiger charge is -2.20. The summed E-state index contributed by atoms with van der Waals surface area (Å²) < 4.78 is 8.68. The molecule has 0 aliphatic carbocycles. The van der Waals surface area contributed by atoms with Crippen molar-refractivity contribution in [2.75, 3.05) is 25.0 Å². The van der Waals surface area contributed by atoms with Gasteiger partial charge in [0.05, 0.1) is 22.4 Å². The van der Waals surface area contributed by atoms with Gasteiger partial charge in [-0.15, -0.1) is 0 Å². The number of nitrogens with one attached hydrogen (secondary N) is 1. The van der Waals surface area contributed by atoms with Crippen LogP contribution in [0.5, 0.6) is 0 Å². The van der Waals surface area contributed by atoms with Crippen molar-refractivity contribution >= 4 is 40.0 Å². The van der Waals surface area contributed by atoms with Gasteiger partial charge in [-0.25, -0.2) is 0 Å². The molecule has 1 aliphatic rings. The highest BCUT2D eigenvalue weighted by Gasteiger charge is 2.19. The summed E-state index contributed by atoms with van der Waals surface area (Å²) in [6, 6.07) is 4.31. The predicted octanol–water partition coefficient (Wildman–Crippen LogP) is 4.02. The molecule has 1 aromatic carbocycles. The Morgan fingerprint density at radius 2 is 2.24 bits per heavy atom.